The molecule has 3 nitrogen and oxygen atoms in total. The molecule has 0 amide bonds. The van der Waals surface area contributed by atoms with Crippen molar-refractivity contribution < 1.29 is 4.74 Å². The molecule has 2 fully saturated rings. The van der Waals surface area contributed by atoms with E-state index in [1.807, 2.05) is 6.07 Å². The molecule has 0 N–H and O–H groups in total. The Hall–Kier alpha value is -0.450. The Morgan fingerprint density at radius 2 is 2.21 bits per heavy atom. The number of nitrogens with zero attached hydrogens (tertiary/aromatic N) is 2. The fraction of sp³-hybridized carbons (Fsp3) is 0.667. The lowest BCUT2D eigenvalue weighted by Crippen LogP contribution is -2.42. The molecule has 2 saturated heterocycles. The first-order valence-corrected chi connectivity index (χ1v) is 7.88. The fourth-order valence-corrected chi connectivity index (χ4v) is 3.68. The Kier molecular flexibility index (Phi) is 3.92. The third-order valence-corrected chi connectivity index (χ3v) is 4.90. The van der Waals surface area contributed by atoms with Crippen LogP contribution in [0.15, 0.2) is 22.8 Å². The molecular formula is C15H21BrN2O. The quantitative estimate of drug-likeness (QED) is 0.782. The first kappa shape index (κ1) is 13.5. The fourth-order valence-electron chi connectivity index (χ4n) is 3.30. The molecule has 0 aliphatic carbocycles. The Labute approximate surface area is 123 Å². The maximum atomic E-state index is 6.18. The summed E-state index contributed by atoms with van der Waals surface area (Å²) >= 11 is 3.44. The average molecular weight is 325 g/mol. The second kappa shape index (κ2) is 5.51. The molecule has 19 heavy (non-hydrogen) atoms. The van der Waals surface area contributed by atoms with E-state index in [0.29, 0.717) is 5.92 Å². The van der Waals surface area contributed by atoms with Crippen LogP contribution in [0.5, 0.6) is 0 Å². The van der Waals surface area contributed by atoms with Crippen molar-refractivity contribution in [1.29, 1.82) is 0 Å². The molecule has 0 aromatic carbocycles. The Balaban J connectivity index is 1.60. The maximum absolute atomic E-state index is 6.18. The first-order valence-electron chi connectivity index (χ1n) is 7.09. The Morgan fingerprint density at radius 3 is 2.95 bits per heavy atom. The smallest absolute Gasteiger partial charge is 0.106 e. The largest absolute Gasteiger partial charge is 0.375 e. The lowest BCUT2D eigenvalue weighted by atomic mass is 9.84. The highest BCUT2D eigenvalue weighted by Crippen LogP contribution is 2.39. The van der Waals surface area contributed by atoms with Crippen LogP contribution in [0.2, 0.25) is 0 Å². The van der Waals surface area contributed by atoms with E-state index in [1.165, 1.54) is 38.0 Å². The van der Waals surface area contributed by atoms with Crippen LogP contribution in [0.3, 0.4) is 0 Å². The third-order valence-electron chi connectivity index (χ3n) is 4.45. The molecule has 1 spiro atoms. The molecule has 2 aliphatic rings. The highest BCUT2D eigenvalue weighted by molar-refractivity contribution is 9.10. The number of aromatic nitrogens is 1. The van der Waals surface area contributed by atoms with Gasteiger partial charge in [0.2, 0.25) is 0 Å². The van der Waals surface area contributed by atoms with Gasteiger partial charge in [-0.3, -0.25) is 0 Å². The van der Waals surface area contributed by atoms with Crippen molar-refractivity contribution in [3.05, 3.63) is 28.5 Å². The van der Waals surface area contributed by atoms with Crippen LogP contribution < -0.4 is 0 Å². The normalized spacial score (nSPS) is 26.9. The van der Waals surface area contributed by atoms with E-state index in [2.05, 4.69) is 45.0 Å². The lowest BCUT2D eigenvalue weighted by Gasteiger charge is -2.37. The summed E-state index contributed by atoms with van der Waals surface area (Å²) in [5, 5.41) is 0. The van der Waals surface area contributed by atoms with Crippen molar-refractivity contribution in [2.24, 2.45) is 5.92 Å². The summed E-state index contributed by atoms with van der Waals surface area (Å²) in [5.41, 5.74) is 1.34. The predicted molar refractivity (Wildman–Crippen MR) is 79.2 cm³/mol. The van der Waals surface area contributed by atoms with Gasteiger partial charge in [0.25, 0.3) is 0 Å². The zero-order chi connectivity index (χ0) is 13.3. The molecule has 2 aliphatic heterocycles. The molecule has 4 heteroatoms. The van der Waals surface area contributed by atoms with Gasteiger partial charge < -0.3 is 9.64 Å². The van der Waals surface area contributed by atoms with Gasteiger partial charge in [-0.15, -0.1) is 0 Å². The second-order valence-electron chi connectivity index (χ2n) is 6.02. The van der Waals surface area contributed by atoms with Gasteiger partial charge in [0, 0.05) is 18.8 Å². The standard InChI is InChI=1S/C15H21BrN2O/c1-18-7-5-15(6-8-18)10-12(11-19-15)9-13-3-2-4-14(16)17-13/h2-4,12H,5-11H2,1H3. The van der Waals surface area contributed by atoms with Crippen molar-refractivity contribution >= 4 is 15.9 Å². The van der Waals surface area contributed by atoms with E-state index >= 15 is 0 Å². The number of hydrogen-bond donors (Lipinski definition) is 0. The third kappa shape index (κ3) is 3.18. The van der Waals surface area contributed by atoms with Gasteiger partial charge in [0.1, 0.15) is 4.60 Å². The number of halogens is 1. The van der Waals surface area contributed by atoms with Crippen LogP contribution in [0.4, 0.5) is 0 Å². The van der Waals surface area contributed by atoms with E-state index in [9.17, 15) is 0 Å². The minimum absolute atomic E-state index is 0.170. The summed E-state index contributed by atoms with van der Waals surface area (Å²) in [4.78, 5) is 6.94. The first-order chi connectivity index (χ1) is 9.15. The summed E-state index contributed by atoms with van der Waals surface area (Å²) in [6.45, 7) is 3.24. The molecule has 3 heterocycles. The molecule has 1 atom stereocenters. The van der Waals surface area contributed by atoms with Crippen molar-refractivity contribution in [1.82, 2.24) is 9.88 Å². The van der Waals surface area contributed by atoms with Gasteiger partial charge in [-0.2, -0.15) is 0 Å². The number of ether oxygens (including phenoxy) is 1. The lowest BCUT2D eigenvalue weighted by molar-refractivity contribution is -0.0394. The molecule has 0 radical (unpaired) electrons. The van der Waals surface area contributed by atoms with Crippen molar-refractivity contribution in [2.45, 2.75) is 31.3 Å². The summed E-state index contributed by atoms with van der Waals surface area (Å²) in [7, 11) is 2.20. The van der Waals surface area contributed by atoms with Crippen molar-refractivity contribution in [3.63, 3.8) is 0 Å². The van der Waals surface area contributed by atoms with Crippen LogP contribution in [-0.2, 0) is 11.2 Å². The monoisotopic (exact) mass is 324 g/mol. The van der Waals surface area contributed by atoms with E-state index in [0.717, 1.165) is 17.6 Å². The highest BCUT2D eigenvalue weighted by atomic mass is 79.9. The second-order valence-corrected chi connectivity index (χ2v) is 6.84. The van der Waals surface area contributed by atoms with Crippen LogP contribution >= 0.6 is 15.9 Å². The summed E-state index contributed by atoms with van der Waals surface area (Å²) in [6, 6.07) is 6.16. The number of rotatable bonds is 2. The van der Waals surface area contributed by atoms with Crippen LogP contribution in [0.25, 0.3) is 0 Å². The summed E-state index contributed by atoms with van der Waals surface area (Å²) < 4.78 is 7.11. The number of likely N-dealkylation sites (tertiary alicyclic amines) is 1. The molecule has 1 aromatic rings. The van der Waals surface area contributed by atoms with E-state index in [1.54, 1.807) is 0 Å². The van der Waals surface area contributed by atoms with Crippen LogP contribution in [0, 0.1) is 5.92 Å². The highest BCUT2D eigenvalue weighted by Gasteiger charge is 2.41. The van der Waals surface area contributed by atoms with E-state index in [-0.39, 0.29) is 5.60 Å². The SMILES string of the molecule is CN1CCC2(CC1)CC(Cc1cccc(Br)n1)CO2. The van der Waals surface area contributed by atoms with Gasteiger partial charge in [0.15, 0.2) is 0 Å². The van der Waals surface area contributed by atoms with Gasteiger partial charge in [-0.25, -0.2) is 4.98 Å². The zero-order valence-corrected chi connectivity index (χ0v) is 13.0. The number of hydrogen-bond acceptors (Lipinski definition) is 3. The maximum Gasteiger partial charge on any atom is 0.106 e. The van der Waals surface area contributed by atoms with Crippen molar-refractivity contribution in [3.8, 4) is 0 Å². The number of piperidine rings is 1. The minimum Gasteiger partial charge on any atom is -0.375 e. The molecule has 0 saturated carbocycles. The summed E-state index contributed by atoms with van der Waals surface area (Å²) in [6.07, 6.45) is 4.61. The summed E-state index contributed by atoms with van der Waals surface area (Å²) in [5.74, 6) is 0.630. The van der Waals surface area contributed by atoms with Gasteiger partial charge in [-0.05, 0) is 66.7 Å². The average Bonchev–Trinajstić information content (AvgIpc) is 2.77. The van der Waals surface area contributed by atoms with E-state index in [4.69, 9.17) is 4.74 Å². The van der Waals surface area contributed by atoms with Crippen LogP contribution in [-0.4, -0.2) is 42.2 Å². The van der Waals surface area contributed by atoms with E-state index < -0.39 is 0 Å². The predicted octanol–water partition coefficient (Wildman–Crippen LogP) is 2.89. The van der Waals surface area contributed by atoms with Gasteiger partial charge >= 0.3 is 0 Å². The van der Waals surface area contributed by atoms with Crippen LogP contribution in [0.1, 0.15) is 25.0 Å². The topological polar surface area (TPSA) is 25.4 Å². The molecule has 1 unspecified atom stereocenters. The molecule has 0 bridgehead atoms. The van der Waals surface area contributed by atoms with Gasteiger partial charge in [0.05, 0.1) is 12.2 Å². The van der Waals surface area contributed by atoms with Gasteiger partial charge in [-0.1, -0.05) is 6.07 Å². The number of pyridine rings is 1. The molecule has 104 valence electrons. The molecular weight excluding hydrogens is 304 g/mol. The Morgan fingerprint density at radius 1 is 1.42 bits per heavy atom. The zero-order valence-electron chi connectivity index (χ0n) is 11.4. The Bertz CT molecular complexity index is 444. The molecule has 3 rings (SSSR count). The van der Waals surface area contributed by atoms with Crippen molar-refractivity contribution in [2.75, 3.05) is 26.7 Å². The minimum atomic E-state index is 0.170. The molecule has 1 aromatic heterocycles.